The van der Waals surface area contributed by atoms with Crippen LogP contribution in [0.3, 0.4) is 0 Å². The number of H-pyrrole nitrogens is 1. The Labute approximate surface area is 209 Å². The number of carbonyl (C=O) groups excluding carboxylic acids is 1. The number of hydrogen-bond donors (Lipinski definition) is 3. The molecule has 0 aliphatic heterocycles. The third-order valence-corrected chi connectivity index (χ3v) is 8.55. The monoisotopic (exact) mass is 487 g/mol. The molecule has 4 aliphatic carbocycles. The van der Waals surface area contributed by atoms with Gasteiger partial charge in [-0.2, -0.15) is 0 Å². The molecule has 3 aromatic rings. The molecule has 186 valence electrons. The van der Waals surface area contributed by atoms with Gasteiger partial charge in [-0.25, -0.2) is 14.2 Å². The highest BCUT2D eigenvalue weighted by Crippen LogP contribution is 2.61. The van der Waals surface area contributed by atoms with Crippen LogP contribution in [0.2, 0.25) is 0 Å². The Morgan fingerprint density at radius 1 is 1.03 bits per heavy atom. The van der Waals surface area contributed by atoms with E-state index in [1.807, 2.05) is 0 Å². The molecular formula is C29H30FN3O3. The van der Waals surface area contributed by atoms with Gasteiger partial charge in [0.05, 0.1) is 5.56 Å². The number of halogens is 1. The number of amides is 1. The number of rotatable bonds is 7. The molecule has 36 heavy (non-hydrogen) atoms. The molecule has 6 nitrogen and oxygen atoms in total. The number of aromatic carboxylic acids is 1. The maximum atomic E-state index is 13.5. The van der Waals surface area contributed by atoms with Crippen molar-refractivity contribution in [3.05, 3.63) is 71.3 Å². The van der Waals surface area contributed by atoms with E-state index < -0.39 is 5.97 Å². The second kappa shape index (κ2) is 8.87. The van der Waals surface area contributed by atoms with E-state index in [-0.39, 0.29) is 17.3 Å². The Bertz CT molecular complexity index is 1280. The smallest absolute Gasteiger partial charge is 0.335 e. The van der Waals surface area contributed by atoms with Gasteiger partial charge in [0.15, 0.2) is 0 Å². The molecule has 4 aliphatic rings. The van der Waals surface area contributed by atoms with Crippen LogP contribution in [0.5, 0.6) is 0 Å². The molecule has 0 radical (unpaired) electrons. The molecule has 1 amide bonds. The highest BCUT2D eigenvalue weighted by atomic mass is 19.1. The van der Waals surface area contributed by atoms with Crippen LogP contribution in [0.25, 0.3) is 11.4 Å². The molecule has 0 unspecified atom stereocenters. The Balaban J connectivity index is 1.27. The number of nitrogens with one attached hydrogen (secondary N) is 2. The van der Waals surface area contributed by atoms with Gasteiger partial charge in [-0.3, -0.25) is 4.79 Å². The van der Waals surface area contributed by atoms with E-state index in [1.165, 1.54) is 62.8 Å². The standard InChI is InChI=1S/C29H30FN3O3/c30-22-6-4-20(5-7-22)26-32-24(8-9-29-14-17-10-18(15-29)12-19(11-17)16-29)25(33-26)27(34)31-23-3-1-2-21(13-23)28(35)36/h1-7,13,17-19H,8-12,14-16H2,(H,31,34)(H,32,33)(H,35,36). The molecule has 1 aromatic heterocycles. The zero-order chi connectivity index (χ0) is 24.9. The Morgan fingerprint density at radius 3 is 2.33 bits per heavy atom. The Kier molecular flexibility index (Phi) is 5.66. The van der Waals surface area contributed by atoms with Gasteiger partial charge in [-0.15, -0.1) is 0 Å². The quantitative estimate of drug-likeness (QED) is 0.364. The minimum atomic E-state index is -1.05. The average Bonchev–Trinajstić information content (AvgIpc) is 3.27. The number of hydrogen-bond acceptors (Lipinski definition) is 3. The summed E-state index contributed by atoms with van der Waals surface area (Å²) in [5, 5.41) is 12.1. The van der Waals surface area contributed by atoms with Gasteiger partial charge in [0.2, 0.25) is 0 Å². The molecule has 4 bridgehead atoms. The van der Waals surface area contributed by atoms with Gasteiger partial charge < -0.3 is 15.4 Å². The van der Waals surface area contributed by atoms with Gasteiger partial charge in [0, 0.05) is 16.9 Å². The minimum Gasteiger partial charge on any atom is -0.478 e. The zero-order valence-corrected chi connectivity index (χ0v) is 20.1. The molecule has 7 heteroatoms. The molecule has 4 fully saturated rings. The molecule has 0 saturated heterocycles. The van der Waals surface area contributed by atoms with E-state index in [1.54, 1.807) is 24.3 Å². The van der Waals surface area contributed by atoms with E-state index in [2.05, 4.69) is 15.3 Å². The summed E-state index contributed by atoms with van der Waals surface area (Å²) in [6.45, 7) is 0. The van der Waals surface area contributed by atoms with Crippen LogP contribution in [0, 0.1) is 29.0 Å². The van der Waals surface area contributed by atoms with Crippen molar-refractivity contribution in [1.29, 1.82) is 0 Å². The SMILES string of the molecule is O=C(O)c1cccc(NC(=O)c2nc(-c3ccc(F)cc3)[nH]c2CCC23CC4CC(CC(C4)C2)C3)c1. The van der Waals surface area contributed by atoms with Crippen LogP contribution >= 0.6 is 0 Å². The minimum absolute atomic E-state index is 0.101. The molecule has 7 rings (SSSR count). The number of imidazole rings is 1. The molecule has 3 N–H and O–H groups in total. The summed E-state index contributed by atoms with van der Waals surface area (Å²) in [5.74, 6) is 1.33. The summed E-state index contributed by atoms with van der Waals surface area (Å²) in [6, 6.07) is 12.2. The van der Waals surface area contributed by atoms with Gasteiger partial charge in [0.25, 0.3) is 5.91 Å². The van der Waals surface area contributed by atoms with Gasteiger partial charge in [0.1, 0.15) is 17.3 Å². The lowest BCUT2D eigenvalue weighted by Gasteiger charge is -2.57. The van der Waals surface area contributed by atoms with Crippen molar-refractivity contribution >= 4 is 17.6 Å². The predicted octanol–water partition coefficient (Wildman–Crippen LogP) is 6.32. The number of nitrogens with zero attached hydrogens (tertiary/aromatic N) is 1. The van der Waals surface area contributed by atoms with Crippen molar-refractivity contribution in [3.8, 4) is 11.4 Å². The predicted molar refractivity (Wildman–Crippen MR) is 134 cm³/mol. The number of aromatic nitrogens is 2. The lowest BCUT2D eigenvalue weighted by atomic mass is 9.48. The van der Waals surface area contributed by atoms with Gasteiger partial charge in [-0.05, 0) is 117 Å². The first-order valence-corrected chi connectivity index (χ1v) is 12.9. The number of benzene rings is 2. The number of aryl methyl sites for hydroxylation is 1. The second-order valence-electron chi connectivity index (χ2n) is 11.2. The fraction of sp³-hybridized carbons (Fsp3) is 0.414. The number of carbonyl (C=O) groups is 2. The maximum absolute atomic E-state index is 13.5. The molecule has 4 saturated carbocycles. The number of carboxylic acid groups (broad SMARTS) is 1. The fourth-order valence-electron chi connectivity index (χ4n) is 7.43. The first-order valence-electron chi connectivity index (χ1n) is 12.9. The third-order valence-electron chi connectivity index (χ3n) is 8.55. The molecule has 2 aromatic carbocycles. The van der Waals surface area contributed by atoms with Gasteiger partial charge in [-0.1, -0.05) is 6.07 Å². The largest absolute Gasteiger partial charge is 0.478 e. The molecule has 1 heterocycles. The van der Waals surface area contributed by atoms with Crippen LogP contribution in [-0.2, 0) is 6.42 Å². The summed E-state index contributed by atoms with van der Waals surface area (Å²) < 4.78 is 13.5. The highest BCUT2D eigenvalue weighted by molar-refractivity contribution is 6.04. The fourth-order valence-corrected chi connectivity index (χ4v) is 7.43. The van der Waals surface area contributed by atoms with Crippen molar-refractivity contribution in [2.45, 2.75) is 51.4 Å². The van der Waals surface area contributed by atoms with Crippen LogP contribution in [0.4, 0.5) is 10.1 Å². The summed E-state index contributed by atoms with van der Waals surface area (Å²) in [7, 11) is 0. The summed E-state index contributed by atoms with van der Waals surface area (Å²) in [4.78, 5) is 32.7. The van der Waals surface area contributed by atoms with Crippen molar-refractivity contribution < 1.29 is 19.1 Å². The molecular weight excluding hydrogens is 457 g/mol. The first kappa shape index (κ1) is 23.0. The van der Waals surface area contributed by atoms with E-state index in [4.69, 9.17) is 0 Å². The normalized spacial score (nSPS) is 26.2. The van der Waals surface area contributed by atoms with E-state index >= 15 is 0 Å². The van der Waals surface area contributed by atoms with Crippen LogP contribution in [-0.4, -0.2) is 27.0 Å². The van der Waals surface area contributed by atoms with Gasteiger partial charge >= 0.3 is 5.97 Å². The average molecular weight is 488 g/mol. The zero-order valence-electron chi connectivity index (χ0n) is 20.1. The maximum Gasteiger partial charge on any atom is 0.335 e. The number of anilines is 1. The number of carboxylic acids is 1. The molecule has 0 spiro atoms. The summed E-state index contributed by atoms with van der Waals surface area (Å²) in [5.41, 5.74) is 2.65. The number of aromatic amines is 1. The van der Waals surface area contributed by atoms with Crippen LogP contribution in [0.1, 0.15) is 71.5 Å². The summed E-state index contributed by atoms with van der Waals surface area (Å²) >= 11 is 0. The highest BCUT2D eigenvalue weighted by Gasteiger charge is 2.50. The second-order valence-corrected chi connectivity index (χ2v) is 11.2. The lowest BCUT2D eigenvalue weighted by Crippen LogP contribution is -2.46. The van der Waals surface area contributed by atoms with Crippen molar-refractivity contribution in [2.75, 3.05) is 5.32 Å². The first-order chi connectivity index (χ1) is 17.4. The van der Waals surface area contributed by atoms with Crippen LogP contribution in [0.15, 0.2) is 48.5 Å². The molecule has 0 atom stereocenters. The summed E-state index contributed by atoms with van der Waals surface area (Å²) in [6.07, 6.45) is 9.79. The Hall–Kier alpha value is -3.48. The van der Waals surface area contributed by atoms with Crippen molar-refractivity contribution in [3.63, 3.8) is 0 Å². The van der Waals surface area contributed by atoms with E-state index in [0.29, 0.717) is 28.2 Å². The van der Waals surface area contributed by atoms with E-state index in [0.717, 1.165) is 36.3 Å². The third kappa shape index (κ3) is 4.43. The van der Waals surface area contributed by atoms with E-state index in [9.17, 15) is 19.1 Å². The van der Waals surface area contributed by atoms with Crippen molar-refractivity contribution in [1.82, 2.24) is 9.97 Å². The Morgan fingerprint density at radius 2 is 1.69 bits per heavy atom. The van der Waals surface area contributed by atoms with Crippen molar-refractivity contribution in [2.24, 2.45) is 23.2 Å². The van der Waals surface area contributed by atoms with Crippen LogP contribution < -0.4 is 5.32 Å². The lowest BCUT2D eigenvalue weighted by molar-refractivity contribution is -0.0570. The topological polar surface area (TPSA) is 95.1 Å².